The number of aryl methyl sites for hydroxylation is 1. The molecule has 0 spiro atoms. The molecule has 1 aromatic carbocycles. The normalized spacial score (nSPS) is 11.6. The van der Waals surface area contributed by atoms with E-state index in [1.165, 1.54) is 16.9 Å². The topological polar surface area (TPSA) is 89.0 Å². The number of carbonyl (C=O) groups excluding carboxylic acids is 1. The summed E-state index contributed by atoms with van der Waals surface area (Å²) < 4.78 is 25.8. The maximum absolute atomic E-state index is 12.7. The minimum absolute atomic E-state index is 0.00400. The van der Waals surface area contributed by atoms with Gasteiger partial charge in [0.1, 0.15) is 5.56 Å². The van der Waals surface area contributed by atoms with Crippen molar-refractivity contribution in [1.29, 1.82) is 0 Å². The minimum atomic E-state index is -3.30. The Morgan fingerprint density at radius 2 is 1.96 bits per heavy atom. The lowest BCUT2D eigenvalue weighted by atomic mass is 10.0. The second-order valence-electron chi connectivity index (χ2n) is 5.04. The maximum atomic E-state index is 12.7. The summed E-state index contributed by atoms with van der Waals surface area (Å²) >= 11 is 3.28. The zero-order valence-corrected chi connectivity index (χ0v) is 15.2. The number of ketones is 1. The van der Waals surface area contributed by atoms with Crippen LogP contribution < -0.4 is 5.56 Å². The molecule has 124 valence electrons. The zero-order chi connectivity index (χ0) is 17.2. The van der Waals surface area contributed by atoms with Gasteiger partial charge in [-0.1, -0.05) is 22.9 Å². The number of hydrogen-bond donors (Lipinski definition) is 1. The number of H-pyrrole nitrogens is 1. The Labute approximate surface area is 142 Å². The molecule has 0 saturated heterocycles. The van der Waals surface area contributed by atoms with Gasteiger partial charge in [-0.3, -0.25) is 14.3 Å². The van der Waals surface area contributed by atoms with E-state index < -0.39 is 21.2 Å². The van der Waals surface area contributed by atoms with Gasteiger partial charge < -0.3 is 5.10 Å². The predicted octanol–water partition coefficient (Wildman–Crippen LogP) is 2.12. The van der Waals surface area contributed by atoms with Crippen molar-refractivity contribution in [3.8, 4) is 0 Å². The van der Waals surface area contributed by atoms with Gasteiger partial charge in [-0.2, -0.15) is 0 Å². The van der Waals surface area contributed by atoms with Crippen molar-refractivity contribution in [2.45, 2.75) is 26.1 Å². The Kier molecular flexibility index (Phi) is 5.26. The van der Waals surface area contributed by atoms with Crippen LogP contribution in [-0.2, 0) is 22.1 Å². The highest BCUT2D eigenvalue weighted by atomic mass is 79.9. The highest BCUT2D eigenvalue weighted by molar-refractivity contribution is 9.10. The predicted molar refractivity (Wildman–Crippen MR) is 91.5 cm³/mol. The molecule has 1 N–H and O–H groups in total. The van der Waals surface area contributed by atoms with Gasteiger partial charge in [0.15, 0.2) is 15.6 Å². The molecule has 0 amide bonds. The molecule has 0 fully saturated rings. The van der Waals surface area contributed by atoms with Crippen molar-refractivity contribution >= 4 is 31.6 Å². The summed E-state index contributed by atoms with van der Waals surface area (Å²) in [4.78, 5) is 24.8. The van der Waals surface area contributed by atoms with Crippen LogP contribution >= 0.6 is 15.9 Å². The lowest BCUT2D eigenvalue weighted by Crippen LogP contribution is -2.22. The van der Waals surface area contributed by atoms with E-state index in [1.54, 1.807) is 26.0 Å². The lowest BCUT2D eigenvalue weighted by Gasteiger charge is -2.08. The second kappa shape index (κ2) is 6.84. The number of halogens is 1. The SMILES string of the molecule is CCn1[nH]cc(C(=O)c2ccc(Br)cc2CS(=O)(=O)CC)c1=O. The van der Waals surface area contributed by atoms with Crippen molar-refractivity contribution in [3.05, 3.63) is 55.9 Å². The van der Waals surface area contributed by atoms with Gasteiger partial charge in [-0.25, -0.2) is 8.42 Å². The Balaban J connectivity index is 2.52. The highest BCUT2D eigenvalue weighted by Crippen LogP contribution is 2.21. The lowest BCUT2D eigenvalue weighted by molar-refractivity contribution is 0.103. The quantitative estimate of drug-likeness (QED) is 0.751. The van der Waals surface area contributed by atoms with Crippen molar-refractivity contribution in [2.75, 3.05) is 5.75 Å². The van der Waals surface area contributed by atoms with E-state index >= 15 is 0 Å². The minimum Gasteiger partial charge on any atom is -0.302 e. The van der Waals surface area contributed by atoms with E-state index in [2.05, 4.69) is 21.0 Å². The smallest absolute Gasteiger partial charge is 0.277 e. The number of nitrogens with one attached hydrogen (secondary N) is 1. The molecule has 23 heavy (non-hydrogen) atoms. The van der Waals surface area contributed by atoms with Gasteiger partial charge in [0, 0.05) is 28.5 Å². The maximum Gasteiger partial charge on any atom is 0.277 e. The van der Waals surface area contributed by atoms with Crippen LogP contribution in [0.25, 0.3) is 0 Å². The van der Waals surface area contributed by atoms with Crippen LogP contribution in [0, 0.1) is 0 Å². The summed E-state index contributed by atoms with van der Waals surface area (Å²) in [5, 5.41) is 2.72. The van der Waals surface area contributed by atoms with E-state index in [0.29, 0.717) is 16.6 Å². The summed E-state index contributed by atoms with van der Waals surface area (Å²) in [5.74, 6) is -0.733. The Morgan fingerprint density at radius 3 is 2.52 bits per heavy atom. The summed E-state index contributed by atoms with van der Waals surface area (Å²) in [6.45, 7) is 3.76. The van der Waals surface area contributed by atoms with Crippen LogP contribution in [0.5, 0.6) is 0 Å². The summed E-state index contributed by atoms with van der Waals surface area (Å²) in [5.41, 5.74) is 0.202. The van der Waals surface area contributed by atoms with Gasteiger partial charge in [-0.15, -0.1) is 0 Å². The van der Waals surface area contributed by atoms with E-state index in [0.717, 1.165) is 0 Å². The molecule has 0 unspecified atom stereocenters. The third-order valence-electron chi connectivity index (χ3n) is 3.53. The molecule has 1 heterocycles. The van der Waals surface area contributed by atoms with Gasteiger partial charge in [-0.05, 0) is 30.7 Å². The number of aromatic amines is 1. The van der Waals surface area contributed by atoms with E-state index in [9.17, 15) is 18.0 Å². The molecule has 0 saturated carbocycles. The summed E-state index contributed by atoms with van der Waals surface area (Å²) in [7, 11) is -3.30. The van der Waals surface area contributed by atoms with Gasteiger partial charge >= 0.3 is 0 Å². The van der Waals surface area contributed by atoms with Crippen molar-refractivity contribution in [3.63, 3.8) is 0 Å². The molecule has 8 heteroatoms. The van der Waals surface area contributed by atoms with E-state index in [-0.39, 0.29) is 22.6 Å². The first-order valence-corrected chi connectivity index (χ1v) is 9.72. The van der Waals surface area contributed by atoms with E-state index in [4.69, 9.17) is 0 Å². The standard InChI is InChI=1S/C15H17BrN2O4S/c1-3-18-15(20)13(8-17-18)14(19)12-6-5-11(16)7-10(12)9-23(21,22)4-2/h5-8,17H,3-4,9H2,1-2H3. The van der Waals surface area contributed by atoms with Gasteiger partial charge in [0.25, 0.3) is 5.56 Å². The highest BCUT2D eigenvalue weighted by Gasteiger charge is 2.21. The van der Waals surface area contributed by atoms with Gasteiger partial charge in [0.05, 0.1) is 5.75 Å². The summed E-state index contributed by atoms with van der Waals surface area (Å²) in [6.07, 6.45) is 1.36. The van der Waals surface area contributed by atoms with Crippen LogP contribution in [0.1, 0.15) is 35.3 Å². The molecule has 0 aliphatic rings. The molecule has 0 atom stereocenters. The number of aromatic nitrogens is 2. The zero-order valence-electron chi connectivity index (χ0n) is 12.8. The first-order valence-electron chi connectivity index (χ1n) is 7.10. The van der Waals surface area contributed by atoms with Crippen molar-refractivity contribution < 1.29 is 13.2 Å². The largest absolute Gasteiger partial charge is 0.302 e. The fourth-order valence-electron chi connectivity index (χ4n) is 2.19. The fraction of sp³-hybridized carbons (Fsp3) is 0.333. The Morgan fingerprint density at radius 1 is 1.26 bits per heavy atom. The third-order valence-corrected chi connectivity index (χ3v) is 5.65. The number of rotatable bonds is 6. The van der Waals surface area contributed by atoms with Crippen LogP contribution in [0.3, 0.4) is 0 Å². The molecule has 6 nitrogen and oxygen atoms in total. The molecular formula is C15H17BrN2O4S. The average molecular weight is 401 g/mol. The monoisotopic (exact) mass is 400 g/mol. The molecule has 0 bridgehead atoms. The Hall–Kier alpha value is -1.67. The fourth-order valence-corrected chi connectivity index (χ4v) is 3.52. The van der Waals surface area contributed by atoms with Crippen LogP contribution in [0.4, 0.5) is 0 Å². The number of benzene rings is 1. The average Bonchev–Trinajstić information content (AvgIpc) is 2.87. The molecule has 0 aliphatic carbocycles. The Bertz CT molecular complexity index is 896. The molecular weight excluding hydrogens is 384 g/mol. The number of hydrogen-bond acceptors (Lipinski definition) is 4. The molecule has 0 aliphatic heterocycles. The van der Waals surface area contributed by atoms with Crippen LogP contribution in [0.15, 0.2) is 33.7 Å². The summed E-state index contributed by atoms with van der Waals surface area (Å²) in [6, 6.07) is 4.79. The number of sulfone groups is 1. The van der Waals surface area contributed by atoms with Crippen molar-refractivity contribution in [1.82, 2.24) is 9.78 Å². The molecule has 0 radical (unpaired) electrons. The van der Waals surface area contributed by atoms with E-state index in [1.807, 2.05) is 0 Å². The van der Waals surface area contributed by atoms with Gasteiger partial charge in [0.2, 0.25) is 0 Å². The number of nitrogens with zero attached hydrogens (tertiary/aromatic N) is 1. The number of carbonyl (C=O) groups is 1. The third kappa shape index (κ3) is 3.81. The van der Waals surface area contributed by atoms with Crippen LogP contribution in [0.2, 0.25) is 0 Å². The molecule has 2 rings (SSSR count). The van der Waals surface area contributed by atoms with Crippen LogP contribution in [-0.4, -0.2) is 29.7 Å². The first kappa shape index (κ1) is 17.7. The first-order chi connectivity index (χ1) is 10.8. The molecule has 2 aromatic rings. The van der Waals surface area contributed by atoms with Crippen molar-refractivity contribution in [2.24, 2.45) is 0 Å². The second-order valence-corrected chi connectivity index (χ2v) is 8.31. The molecule has 1 aromatic heterocycles.